The van der Waals surface area contributed by atoms with Gasteiger partial charge in [0.1, 0.15) is 5.75 Å². The summed E-state index contributed by atoms with van der Waals surface area (Å²) < 4.78 is 29.9. The third kappa shape index (κ3) is 11.6. The highest BCUT2D eigenvalue weighted by Gasteiger charge is 2.11. The van der Waals surface area contributed by atoms with Crippen LogP contribution in [-0.4, -0.2) is 53.4 Å². The monoisotopic (exact) mass is 432 g/mol. The van der Waals surface area contributed by atoms with Crippen molar-refractivity contribution in [2.45, 2.75) is 25.7 Å². The number of likely N-dealkylation sites (N-methyl/N-ethyl adjacent to an activating group) is 1. The largest absolute Gasteiger partial charge is 0.494 e. The molecule has 0 unspecified atom stereocenters. The molecular weight excluding hydrogens is 396 g/mol. The van der Waals surface area contributed by atoms with Crippen molar-refractivity contribution in [2.24, 2.45) is 0 Å². The van der Waals surface area contributed by atoms with E-state index in [-0.39, 0.29) is 0 Å². The normalized spacial score (nSPS) is 10.8. The first-order valence-corrected chi connectivity index (χ1v) is 12.2. The molecule has 0 spiro atoms. The molecule has 0 heterocycles. The summed E-state index contributed by atoms with van der Waals surface area (Å²) >= 11 is 0. The van der Waals surface area contributed by atoms with Crippen LogP contribution in [0.4, 0.5) is 5.69 Å². The molecule has 0 aliphatic heterocycles. The Bertz CT molecular complexity index is 766. The maximum atomic E-state index is 11.5. The zero-order valence-electron chi connectivity index (χ0n) is 18.5. The highest BCUT2D eigenvalue weighted by atomic mass is 32.2. The van der Waals surface area contributed by atoms with E-state index in [1.807, 2.05) is 42.5 Å². The molecule has 0 radical (unpaired) electrons. The quantitative estimate of drug-likeness (QED) is 0.356. The van der Waals surface area contributed by atoms with E-state index < -0.39 is 10.0 Å². The van der Waals surface area contributed by atoms with Gasteiger partial charge >= 0.3 is 0 Å². The van der Waals surface area contributed by atoms with Gasteiger partial charge in [-0.25, -0.2) is 8.42 Å². The van der Waals surface area contributed by atoms with Crippen LogP contribution < -0.4 is 9.04 Å². The Labute approximate surface area is 183 Å². The lowest BCUT2D eigenvalue weighted by Gasteiger charge is -2.17. The maximum Gasteiger partial charge on any atom is 0.231 e. The van der Waals surface area contributed by atoms with Crippen molar-refractivity contribution >= 4 is 15.7 Å². The van der Waals surface area contributed by atoms with Gasteiger partial charge in [-0.05, 0) is 50.7 Å². The summed E-state index contributed by atoms with van der Waals surface area (Å²) in [7, 11) is 0.421. The summed E-state index contributed by atoms with van der Waals surface area (Å²) in [5, 5.41) is 0. The van der Waals surface area contributed by atoms with Gasteiger partial charge in [0.15, 0.2) is 0 Å². The van der Waals surface area contributed by atoms with Gasteiger partial charge in [0.05, 0.1) is 18.6 Å². The van der Waals surface area contributed by atoms with Crippen LogP contribution in [0.5, 0.6) is 5.75 Å². The lowest BCUT2D eigenvalue weighted by molar-refractivity contribution is 0.300. The molecule has 0 aromatic heterocycles. The zero-order chi connectivity index (χ0) is 22.2. The van der Waals surface area contributed by atoms with Crippen molar-refractivity contribution < 1.29 is 13.2 Å². The standard InChI is InChI=1S/C18H30N2O3S.C6H6/c1-5-14-19(2)15-8-6-7-9-16-23-18-12-10-17(11-13-18)20(3)24(4,21)22;1-2-4-6-5-3-1/h5,10-13H,1,6-9,14-16H2,2-4H3;1-6H. The summed E-state index contributed by atoms with van der Waals surface area (Å²) in [5.74, 6) is 0.770. The molecule has 0 saturated heterocycles. The smallest absolute Gasteiger partial charge is 0.231 e. The average Bonchev–Trinajstić information content (AvgIpc) is 2.74. The molecule has 0 N–H and O–H groups in total. The first kappa shape index (κ1) is 25.7. The van der Waals surface area contributed by atoms with Gasteiger partial charge in [0, 0.05) is 13.6 Å². The predicted molar refractivity (Wildman–Crippen MR) is 128 cm³/mol. The second kappa shape index (κ2) is 14.6. The Balaban J connectivity index is 0.000000637. The summed E-state index contributed by atoms with van der Waals surface area (Å²) in [6.07, 6.45) is 7.67. The Morgan fingerprint density at radius 1 is 0.900 bits per heavy atom. The second-order valence-corrected chi connectivity index (χ2v) is 9.21. The van der Waals surface area contributed by atoms with Gasteiger partial charge in [-0.1, -0.05) is 55.3 Å². The minimum Gasteiger partial charge on any atom is -0.494 e. The minimum absolute atomic E-state index is 0.633. The number of anilines is 1. The van der Waals surface area contributed by atoms with E-state index in [4.69, 9.17) is 4.74 Å². The van der Waals surface area contributed by atoms with Gasteiger partial charge in [0.2, 0.25) is 10.0 Å². The van der Waals surface area contributed by atoms with Crippen LogP contribution in [-0.2, 0) is 10.0 Å². The Hall–Kier alpha value is -2.31. The second-order valence-electron chi connectivity index (χ2n) is 7.19. The van der Waals surface area contributed by atoms with E-state index in [2.05, 4.69) is 18.5 Å². The number of ether oxygens (including phenoxy) is 1. The number of nitrogens with zero attached hydrogens (tertiary/aromatic N) is 2. The summed E-state index contributed by atoms with van der Waals surface area (Å²) in [4.78, 5) is 2.26. The number of hydrogen-bond acceptors (Lipinski definition) is 4. The van der Waals surface area contributed by atoms with Crippen molar-refractivity contribution in [2.75, 3.05) is 44.4 Å². The van der Waals surface area contributed by atoms with Gasteiger partial charge < -0.3 is 9.64 Å². The van der Waals surface area contributed by atoms with Gasteiger partial charge in [-0.2, -0.15) is 0 Å². The molecule has 0 atom stereocenters. The third-order valence-electron chi connectivity index (χ3n) is 4.51. The number of sulfonamides is 1. The van der Waals surface area contributed by atoms with Crippen molar-refractivity contribution in [1.82, 2.24) is 4.90 Å². The number of rotatable bonds is 12. The topological polar surface area (TPSA) is 49.9 Å². The Morgan fingerprint density at radius 3 is 1.93 bits per heavy atom. The van der Waals surface area contributed by atoms with Gasteiger partial charge in [-0.15, -0.1) is 6.58 Å². The lowest BCUT2D eigenvalue weighted by atomic mass is 10.2. The van der Waals surface area contributed by atoms with Crippen molar-refractivity contribution in [1.29, 1.82) is 0 Å². The Morgan fingerprint density at radius 2 is 1.43 bits per heavy atom. The van der Waals surface area contributed by atoms with Crippen LogP contribution in [0.25, 0.3) is 0 Å². The van der Waals surface area contributed by atoms with Crippen molar-refractivity contribution in [3.8, 4) is 5.75 Å². The van der Waals surface area contributed by atoms with E-state index in [0.717, 1.165) is 31.7 Å². The first-order chi connectivity index (χ1) is 14.3. The zero-order valence-corrected chi connectivity index (χ0v) is 19.4. The van der Waals surface area contributed by atoms with Crippen LogP contribution in [0, 0.1) is 0 Å². The maximum absolute atomic E-state index is 11.5. The first-order valence-electron chi connectivity index (χ1n) is 10.3. The molecule has 6 heteroatoms. The van der Waals surface area contributed by atoms with E-state index in [0.29, 0.717) is 12.3 Å². The van der Waals surface area contributed by atoms with Gasteiger partial charge in [-0.3, -0.25) is 4.31 Å². The van der Waals surface area contributed by atoms with Crippen LogP contribution in [0.2, 0.25) is 0 Å². The SMILES string of the molecule is C=CCN(C)CCCCCCOc1ccc(N(C)S(C)(=O)=O)cc1.c1ccccc1. The number of unbranched alkanes of at least 4 members (excludes halogenated alkanes) is 3. The van der Waals surface area contributed by atoms with Crippen molar-refractivity contribution in [3.05, 3.63) is 73.3 Å². The highest BCUT2D eigenvalue weighted by molar-refractivity contribution is 7.92. The molecule has 2 aromatic rings. The van der Waals surface area contributed by atoms with Crippen LogP contribution in [0.1, 0.15) is 25.7 Å². The summed E-state index contributed by atoms with van der Waals surface area (Å²) in [5.41, 5.74) is 0.633. The van der Waals surface area contributed by atoms with E-state index in [1.54, 1.807) is 24.3 Å². The number of benzene rings is 2. The fourth-order valence-corrected chi connectivity index (χ4v) is 3.17. The molecule has 0 bridgehead atoms. The molecule has 0 fully saturated rings. The van der Waals surface area contributed by atoms with Crippen LogP contribution in [0.15, 0.2) is 73.3 Å². The summed E-state index contributed by atoms with van der Waals surface area (Å²) in [6.45, 7) is 6.46. The predicted octanol–water partition coefficient (Wildman–Crippen LogP) is 4.83. The molecule has 0 aliphatic rings. The van der Waals surface area contributed by atoms with Crippen molar-refractivity contribution in [3.63, 3.8) is 0 Å². The summed E-state index contributed by atoms with van der Waals surface area (Å²) in [6, 6.07) is 19.1. The average molecular weight is 433 g/mol. The molecule has 30 heavy (non-hydrogen) atoms. The van der Waals surface area contributed by atoms with E-state index >= 15 is 0 Å². The minimum atomic E-state index is -3.22. The Kier molecular flexibility index (Phi) is 12.6. The lowest BCUT2D eigenvalue weighted by Crippen LogP contribution is -2.24. The van der Waals surface area contributed by atoms with Crippen LogP contribution in [0.3, 0.4) is 0 Å². The molecule has 5 nitrogen and oxygen atoms in total. The fourth-order valence-electron chi connectivity index (χ4n) is 2.67. The molecule has 0 aliphatic carbocycles. The highest BCUT2D eigenvalue weighted by Crippen LogP contribution is 2.20. The van der Waals surface area contributed by atoms with Gasteiger partial charge in [0.25, 0.3) is 0 Å². The fraction of sp³-hybridized carbons (Fsp3) is 0.417. The van der Waals surface area contributed by atoms with E-state index in [9.17, 15) is 8.42 Å². The molecule has 166 valence electrons. The van der Waals surface area contributed by atoms with Crippen LogP contribution >= 0.6 is 0 Å². The molecule has 2 aromatic carbocycles. The molecule has 0 saturated carbocycles. The molecular formula is C24H36N2O3S. The molecule has 2 rings (SSSR count). The molecule has 0 amide bonds. The number of hydrogen-bond donors (Lipinski definition) is 0. The third-order valence-corrected chi connectivity index (χ3v) is 5.71. The van der Waals surface area contributed by atoms with E-state index in [1.165, 1.54) is 30.5 Å².